The molecule has 2 unspecified atom stereocenters. The molecule has 5 heteroatoms. The molecular weight excluding hydrogens is 376 g/mol. The van der Waals surface area contributed by atoms with Gasteiger partial charge in [-0.25, -0.2) is 0 Å². The summed E-state index contributed by atoms with van der Waals surface area (Å²) in [6, 6.07) is 17.0. The van der Waals surface area contributed by atoms with Crippen LogP contribution < -0.4 is 15.2 Å². The van der Waals surface area contributed by atoms with Crippen LogP contribution in [0.4, 0.5) is 0 Å². The van der Waals surface area contributed by atoms with Gasteiger partial charge >= 0.3 is 0 Å². The topological polar surface area (TPSA) is 68.0 Å². The molecule has 158 valence electrons. The molecule has 0 aromatic heterocycles. The molecular formula is C25H30N2O3. The van der Waals surface area contributed by atoms with E-state index in [1.807, 2.05) is 6.07 Å². The number of hydrogen-bond acceptors (Lipinski definition) is 5. The van der Waals surface area contributed by atoms with Gasteiger partial charge in [-0.05, 0) is 70.6 Å². The predicted octanol–water partition coefficient (Wildman–Crippen LogP) is 3.97. The number of aliphatic hydroxyl groups excluding tert-OH is 1. The number of rotatable bonds is 6. The predicted molar refractivity (Wildman–Crippen MR) is 120 cm³/mol. The number of ether oxygens (including phenoxy) is 2. The van der Waals surface area contributed by atoms with Gasteiger partial charge in [0.15, 0.2) is 11.5 Å². The van der Waals surface area contributed by atoms with Crippen LogP contribution in [0.15, 0.2) is 48.5 Å². The highest BCUT2D eigenvalue weighted by Gasteiger charge is 2.26. The average Bonchev–Trinajstić information content (AvgIpc) is 2.79. The maximum atomic E-state index is 9.30. The fourth-order valence-corrected chi connectivity index (χ4v) is 4.40. The Morgan fingerprint density at radius 1 is 1.03 bits per heavy atom. The Morgan fingerprint density at radius 2 is 1.73 bits per heavy atom. The largest absolute Gasteiger partial charge is 0.493 e. The van der Waals surface area contributed by atoms with Gasteiger partial charge in [0.25, 0.3) is 0 Å². The smallest absolute Gasteiger partial charge is 0.161 e. The Labute approximate surface area is 178 Å². The number of fused-ring (bicyclic) bond motifs is 2. The fourth-order valence-electron chi connectivity index (χ4n) is 4.40. The van der Waals surface area contributed by atoms with Gasteiger partial charge in [0.1, 0.15) is 0 Å². The van der Waals surface area contributed by atoms with Gasteiger partial charge in [-0.1, -0.05) is 24.3 Å². The molecule has 0 fully saturated rings. The number of nitrogens with two attached hydrogens (primary N) is 1. The van der Waals surface area contributed by atoms with Crippen molar-refractivity contribution in [1.29, 1.82) is 0 Å². The van der Waals surface area contributed by atoms with Crippen LogP contribution in [0.5, 0.6) is 11.5 Å². The minimum atomic E-state index is -0.334. The zero-order valence-electron chi connectivity index (χ0n) is 17.9. The quantitative estimate of drug-likeness (QED) is 0.648. The molecule has 3 aromatic carbocycles. The third kappa shape index (κ3) is 3.88. The third-order valence-corrected chi connectivity index (χ3v) is 6.25. The molecule has 0 bridgehead atoms. The Bertz CT molecular complexity index is 1050. The number of aliphatic hydroxyl groups is 1. The van der Waals surface area contributed by atoms with E-state index in [0.717, 1.165) is 42.0 Å². The highest BCUT2D eigenvalue weighted by Crippen LogP contribution is 2.38. The van der Waals surface area contributed by atoms with Crippen LogP contribution in [0.25, 0.3) is 10.8 Å². The van der Waals surface area contributed by atoms with Crippen LogP contribution in [0.3, 0.4) is 0 Å². The maximum Gasteiger partial charge on any atom is 0.161 e. The minimum absolute atomic E-state index is 0.0471. The van der Waals surface area contributed by atoms with Crippen molar-refractivity contribution in [3.05, 3.63) is 70.8 Å². The van der Waals surface area contributed by atoms with Gasteiger partial charge in [-0.2, -0.15) is 0 Å². The SMILES string of the molecule is COc1cc2c(cc1OC)C(C)N(Cc1ccc3cc(C(N)CO)ccc3c1)CC2. The molecule has 3 aromatic rings. The number of methoxy groups -OCH3 is 2. The molecule has 3 N–H and O–H groups in total. The average molecular weight is 407 g/mol. The van der Waals surface area contributed by atoms with E-state index in [4.69, 9.17) is 15.2 Å². The zero-order valence-corrected chi connectivity index (χ0v) is 17.9. The van der Waals surface area contributed by atoms with E-state index in [9.17, 15) is 5.11 Å². The highest BCUT2D eigenvalue weighted by atomic mass is 16.5. The summed E-state index contributed by atoms with van der Waals surface area (Å²) < 4.78 is 11.0. The van der Waals surface area contributed by atoms with Crippen LogP contribution >= 0.6 is 0 Å². The van der Waals surface area contributed by atoms with Crippen molar-refractivity contribution in [3.8, 4) is 11.5 Å². The molecule has 2 atom stereocenters. The summed E-state index contributed by atoms with van der Waals surface area (Å²) in [7, 11) is 3.37. The van der Waals surface area contributed by atoms with E-state index in [-0.39, 0.29) is 12.6 Å². The van der Waals surface area contributed by atoms with Crippen molar-refractivity contribution in [2.24, 2.45) is 5.73 Å². The minimum Gasteiger partial charge on any atom is -0.493 e. The Kier molecular flexibility index (Phi) is 5.95. The van der Waals surface area contributed by atoms with Crippen molar-refractivity contribution < 1.29 is 14.6 Å². The fraction of sp³-hybridized carbons (Fsp3) is 0.360. The molecule has 0 spiro atoms. The summed E-state index contributed by atoms with van der Waals surface area (Å²) in [5.41, 5.74) is 10.9. The maximum absolute atomic E-state index is 9.30. The summed E-state index contributed by atoms with van der Waals surface area (Å²) in [5, 5.41) is 11.6. The lowest BCUT2D eigenvalue weighted by Gasteiger charge is -2.35. The second-order valence-electron chi connectivity index (χ2n) is 8.03. The van der Waals surface area contributed by atoms with E-state index in [0.29, 0.717) is 6.04 Å². The van der Waals surface area contributed by atoms with Crippen molar-refractivity contribution in [2.75, 3.05) is 27.4 Å². The normalized spacial score (nSPS) is 17.6. The Hall–Kier alpha value is -2.60. The Morgan fingerprint density at radius 3 is 2.47 bits per heavy atom. The first-order valence-electron chi connectivity index (χ1n) is 10.4. The van der Waals surface area contributed by atoms with Gasteiger partial charge in [-0.15, -0.1) is 0 Å². The summed E-state index contributed by atoms with van der Waals surface area (Å²) >= 11 is 0. The van der Waals surface area contributed by atoms with E-state index in [2.05, 4.69) is 54.3 Å². The van der Waals surface area contributed by atoms with Crippen LogP contribution in [0, 0.1) is 0 Å². The van der Waals surface area contributed by atoms with Gasteiger partial charge in [-0.3, -0.25) is 4.90 Å². The molecule has 0 aliphatic carbocycles. The highest BCUT2D eigenvalue weighted by molar-refractivity contribution is 5.84. The van der Waals surface area contributed by atoms with E-state index in [1.165, 1.54) is 22.1 Å². The van der Waals surface area contributed by atoms with Gasteiger partial charge < -0.3 is 20.3 Å². The number of benzene rings is 3. The standard InChI is InChI=1S/C25H30N2O3/c1-16-22-13-25(30-3)24(29-2)12-20(22)8-9-27(16)14-17-4-5-19-11-21(23(26)15-28)7-6-18(19)10-17/h4-7,10-13,16,23,28H,8-9,14-15,26H2,1-3H3. The Balaban J connectivity index is 1.56. The molecule has 5 nitrogen and oxygen atoms in total. The van der Waals surface area contributed by atoms with Gasteiger partial charge in [0, 0.05) is 19.1 Å². The summed E-state index contributed by atoms with van der Waals surface area (Å²) in [6.07, 6.45) is 0.996. The first-order chi connectivity index (χ1) is 14.5. The van der Waals surface area contributed by atoms with Crippen molar-refractivity contribution in [3.63, 3.8) is 0 Å². The third-order valence-electron chi connectivity index (χ3n) is 6.25. The van der Waals surface area contributed by atoms with Crippen molar-refractivity contribution in [1.82, 2.24) is 4.90 Å². The first kappa shape index (κ1) is 20.7. The zero-order chi connectivity index (χ0) is 21.3. The molecule has 0 saturated carbocycles. The molecule has 1 heterocycles. The van der Waals surface area contributed by atoms with Crippen LogP contribution in [-0.2, 0) is 13.0 Å². The van der Waals surface area contributed by atoms with Crippen LogP contribution in [0.2, 0.25) is 0 Å². The number of nitrogens with zero attached hydrogens (tertiary/aromatic N) is 1. The molecule has 0 saturated heterocycles. The summed E-state index contributed by atoms with van der Waals surface area (Å²) in [5.74, 6) is 1.58. The van der Waals surface area contributed by atoms with Crippen molar-refractivity contribution in [2.45, 2.75) is 32.0 Å². The lowest BCUT2D eigenvalue weighted by atomic mass is 9.92. The van der Waals surface area contributed by atoms with Gasteiger partial charge in [0.2, 0.25) is 0 Å². The second kappa shape index (κ2) is 8.64. The molecule has 1 aliphatic rings. The lowest BCUT2D eigenvalue weighted by Crippen LogP contribution is -2.33. The van der Waals surface area contributed by atoms with Crippen LogP contribution in [-0.4, -0.2) is 37.4 Å². The first-order valence-corrected chi connectivity index (χ1v) is 10.4. The van der Waals surface area contributed by atoms with E-state index < -0.39 is 0 Å². The monoisotopic (exact) mass is 406 g/mol. The number of hydrogen-bond donors (Lipinski definition) is 2. The molecule has 0 amide bonds. The van der Waals surface area contributed by atoms with Gasteiger partial charge in [0.05, 0.1) is 26.9 Å². The molecule has 1 aliphatic heterocycles. The van der Waals surface area contributed by atoms with E-state index >= 15 is 0 Å². The van der Waals surface area contributed by atoms with E-state index in [1.54, 1.807) is 14.2 Å². The lowest BCUT2D eigenvalue weighted by molar-refractivity contribution is 0.189. The molecule has 4 rings (SSSR count). The van der Waals surface area contributed by atoms with Crippen LogP contribution in [0.1, 0.15) is 41.3 Å². The summed E-state index contributed by atoms with van der Waals surface area (Å²) in [6.45, 7) is 4.11. The molecule has 0 radical (unpaired) electrons. The van der Waals surface area contributed by atoms with Crippen molar-refractivity contribution >= 4 is 10.8 Å². The molecule has 30 heavy (non-hydrogen) atoms. The summed E-state index contributed by atoms with van der Waals surface area (Å²) in [4.78, 5) is 2.51. The second-order valence-corrected chi connectivity index (χ2v) is 8.03.